The highest BCUT2D eigenvalue weighted by Gasteiger charge is 2.43. The summed E-state index contributed by atoms with van der Waals surface area (Å²) in [5, 5.41) is 9.37. The number of nitrogens with two attached hydrogens (primary N) is 1. The van der Waals surface area contributed by atoms with Crippen LogP contribution in [-0.4, -0.2) is 35.0 Å². The highest BCUT2D eigenvalue weighted by Crippen LogP contribution is 2.43. The van der Waals surface area contributed by atoms with E-state index in [4.69, 9.17) is 5.73 Å². The van der Waals surface area contributed by atoms with Gasteiger partial charge in [-0.2, -0.15) is 5.26 Å². The summed E-state index contributed by atoms with van der Waals surface area (Å²) in [7, 11) is 4.31. The number of hydrogen-bond acceptors (Lipinski definition) is 4. The average Bonchev–Trinajstić information content (AvgIpc) is 3.66. The Morgan fingerprint density at radius 3 is 1.58 bits per heavy atom. The summed E-state index contributed by atoms with van der Waals surface area (Å²) in [4.78, 5) is 4.71. The van der Waals surface area contributed by atoms with Crippen molar-refractivity contribution in [1.29, 1.82) is 5.26 Å². The lowest BCUT2D eigenvalue weighted by molar-refractivity contribution is 0.0866. The van der Waals surface area contributed by atoms with Gasteiger partial charge in [-0.1, -0.05) is 117 Å². The molecule has 2 aliphatic carbocycles. The Labute approximate surface area is 230 Å². The Kier molecular flexibility index (Phi) is 9.74. The van der Waals surface area contributed by atoms with Gasteiger partial charge in [0, 0.05) is 24.7 Å². The normalized spacial score (nSPS) is 18.5. The van der Waals surface area contributed by atoms with Crippen LogP contribution < -0.4 is 5.73 Å². The molecule has 38 heavy (non-hydrogen) atoms. The first-order valence-corrected chi connectivity index (χ1v) is 14.2. The molecule has 0 aliphatic heterocycles. The molecular weight excluding hydrogens is 464 g/mol. The molecule has 3 aromatic carbocycles. The van der Waals surface area contributed by atoms with Crippen LogP contribution in [0.4, 0.5) is 0 Å². The van der Waals surface area contributed by atoms with Crippen molar-refractivity contribution >= 4 is 0 Å². The zero-order valence-corrected chi connectivity index (χ0v) is 23.2. The van der Waals surface area contributed by atoms with E-state index in [1.54, 1.807) is 0 Å². The van der Waals surface area contributed by atoms with Crippen molar-refractivity contribution in [2.24, 2.45) is 5.73 Å². The molecule has 200 valence electrons. The maximum atomic E-state index is 9.37. The van der Waals surface area contributed by atoms with Crippen LogP contribution in [0, 0.1) is 11.3 Å². The van der Waals surface area contributed by atoms with Crippen LogP contribution in [0.2, 0.25) is 0 Å². The van der Waals surface area contributed by atoms with Gasteiger partial charge in [-0.3, -0.25) is 9.80 Å². The number of nitrogens with zero attached hydrogens (tertiary/aromatic N) is 3. The number of hydrogen-bond donors (Lipinski definition) is 1. The third kappa shape index (κ3) is 6.53. The first kappa shape index (κ1) is 28.0. The fraction of sp³-hybridized carbons (Fsp3) is 0.441. The lowest BCUT2D eigenvalue weighted by Crippen LogP contribution is -2.51. The Hall–Kier alpha value is -2.97. The van der Waals surface area contributed by atoms with Crippen molar-refractivity contribution < 1.29 is 0 Å². The zero-order chi connectivity index (χ0) is 26.8. The molecule has 2 fully saturated rings. The third-order valence-corrected chi connectivity index (χ3v) is 8.86. The molecule has 2 aliphatic rings. The molecule has 1 unspecified atom stereocenters. The standard InChI is InChI=1S/C20H26N2.C14H18N2/c1-22(16-17-10-4-2-5-11-17)20(14-8-9-15-20)19(21)18-12-6-3-7-13-18;1-16(11-13-7-3-2-4-8-13)14(12-15)9-5-6-10-14/h2-7,10-13,19H,8-9,14-16,21H2,1H3;2-4,7-8H,5-6,9-11H2,1H3. The van der Waals surface area contributed by atoms with Crippen molar-refractivity contribution in [2.75, 3.05) is 14.1 Å². The average molecular weight is 509 g/mol. The van der Waals surface area contributed by atoms with Gasteiger partial charge in [0.05, 0.1) is 6.07 Å². The van der Waals surface area contributed by atoms with Crippen molar-refractivity contribution in [1.82, 2.24) is 9.80 Å². The Morgan fingerprint density at radius 2 is 1.11 bits per heavy atom. The minimum Gasteiger partial charge on any atom is -0.322 e. The van der Waals surface area contributed by atoms with Crippen LogP contribution in [0.3, 0.4) is 0 Å². The van der Waals surface area contributed by atoms with Crippen molar-refractivity contribution in [3.8, 4) is 6.07 Å². The Morgan fingerprint density at radius 1 is 0.684 bits per heavy atom. The first-order chi connectivity index (χ1) is 18.5. The number of likely N-dealkylation sites (N-methyl/N-ethyl adjacent to an activating group) is 1. The fourth-order valence-corrected chi connectivity index (χ4v) is 6.45. The van der Waals surface area contributed by atoms with E-state index in [9.17, 15) is 5.26 Å². The van der Waals surface area contributed by atoms with Crippen LogP contribution >= 0.6 is 0 Å². The van der Waals surface area contributed by atoms with Crippen LogP contribution in [0.25, 0.3) is 0 Å². The predicted octanol–water partition coefficient (Wildman–Crippen LogP) is 7.09. The van der Waals surface area contributed by atoms with Crippen LogP contribution in [0.1, 0.15) is 74.1 Å². The monoisotopic (exact) mass is 508 g/mol. The summed E-state index contributed by atoms with van der Waals surface area (Å²) in [5.41, 5.74) is 10.5. The molecule has 0 radical (unpaired) electrons. The summed E-state index contributed by atoms with van der Waals surface area (Å²) >= 11 is 0. The molecule has 4 heteroatoms. The molecule has 1 atom stereocenters. The van der Waals surface area contributed by atoms with E-state index in [-0.39, 0.29) is 17.1 Å². The summed E-state index contributed by atoms with van der Waals surface area (Å²) < 4.78 is 0. The molecular formula is C34H44N4. The van der Waals surface area contributed by atoms with Crippen LogP contribution in [0.5, 0.6) is 0 Å². The van der Waals surface area contributed by atoms with Gasteiger partial charge >= 0.3 is 0 Å². The van der Waals surface area contributed by atoms with E-state index >= 15 is 0 Å². The second-order valence-corrected chi connectivity index (χ2v) is 11.2. The first-order valence-electron chi connectivity index (χ1n) is 14.2. The molecule has 0 saturated heterocycles. The summed E-state index contributed by atoms with van der Waals surface area (Å²) in [5.74, 6) is 0. The van der Waals surface area contributed by atoms with Crippen molar-refractivity contribution in [2.45, 2.75) is 81.6 Å². The highest BCUT2D eigenvalue weighted by atomic mass is 15.2. The highest BCUT2D eigenvalue weighted by molar-refractivity contribution is 5.25. The minimum absolute atomic E-state index is 0.0740. The smallest absolute Gasteiger partial charge is 0.109 e. The van der Waals surface area contributed by atoms with E-state index in [1.807, 2.05) is 6.07 Å². The van der Waals surface area contributed by atoms with Crippen molar-refractivity contribution in [3.63, 3.8) is 0 Å². The zero-order valence-electron chi connectivity index (χ0n) is 23.2. The third-order valence-electron chi connectivity index (χ3n) is 8.86. The fourth-order valence-electron chi connectivity index (χ4n) is 6.45. The molecule has 2 saturated carbocycles. The molecule has 5 rings (SSSR count). The molecule has 2 N–H and O–H groups in total. The second kappa shape index (κ2) is 13.2. The molecule has 3 aromatic rings. The largest absolute Gasteiger partial charge is 0.322 e. The Bertz CT molecular complexity index is 1130. The van der Waals surface area contributed by atoms with Crippen LogP contribution in [0.15, 0.2) is 91.0 Å². The van der Waals surface area contributed by atoms with Crippen molar-refractivity contribution in [3.05, 3.63) is 108 Å². The predicted molar refractivity (Wildman–Crippen MR) is 157 cm³/mol. The van der Waals surface area contributed by atoms with E-state index in [0.29, 0.717) is 0 Å². The van der Waals surface area contributed by atoms with E-state index in [2.05, 4.69) is 115 Å². The van der Waals surface area contributed by atoms with Gasteiger partial charge in [-0.15, -0.1) is 0 Å². The second-order valence-electron chi connectivity index (χ2n) is 11.2. The lowest BCUT2D eigenvalue weighted by Gasteiger charge is -2.44. The van der Waals surface area contributed by atoms with E-state index in [1.165, 1.54) is 55.2 Å². The van der Waals surface area contributed by atoms with E-state index < -0.39 is 0 Å². The Balaban J connectivity index is 0.000000186. The molecule has 0 spiro atoms. The number of rotatable bonds is 8. The van der Waals surface area contributed by atoms with Gasteiger partial charge in [-0.25, -0.2) is 0 Å². The van der Waals surface area contributed by atoms with Crippen LogP contribution in [-0.2, 0) is 13.1 Å². The molecule has 0 heterocycles. The van der Waals surface area contributed by atoms with Gasteiger partial charge < -0.3 is 5.73 Å². The quantitative estimate of drug-likeness (QED) is 0.353. The molecule has 0 amide bonds. The number of benzene rings is 3. The molecule has 4 nitrogen and oxygen atoms in total. The van der Waals surface area contributed by atoms with Gasteiger partial charge in [0.1, 0.15) is 5.54 Å². The topological polar surface area (TPSA) is 56.3 Å². The summed E-state index contributed by atoms with van der Waals surface area (Å²) in [6.45, 7) is 1.83. The SMILES string of the molecule is CN(Cc1ccccc1)C1(C#N)CCCC1.CN(Cc1ccccc1)C1(C(N)c2ccccc2)CCCC1. The molecule has 0 bridgehead atoms. The van der Waals surface area contributed by atoms with Gasteiger partial charge in [0.2, 0.25) is 0 Å². The van der Waals surface area contributed by atoms with Gasteiger partial charge in [0.15, 0.2) is 0 Å². The van der Waals surface area contributed by atoms with E-state index in [0.717, 1.165) is 25.9 Å². The maximum absolute atomic E-state index is 9.37. The molecule has 0 aromatic heterocycles. The lowest BCUT2D eigenvalue weighted by atomic mass is 9.82. The number of nitriles is 1. The summed E-state index contributed by atoms with van der Waals surface area (Å²) in [6.07, 6.45) is 9.34. The summed E-state index contributed by atoms with van der Waals surface area (Å²) in [6, 6.07) is 34.3. The van der Waals surface area contributed by atoms with Gasteiger partial charge in [-0.05, 0) is 56.5 Å². The van der Waals surface area contributed by atoms with Gasteiger partial charge in [0.25, 0.3) is 0 Å². The maximum Gasteiger partial charge on any atom is 0.109 e. The minimum atomic E-state index is -0.212.